The number of halogens is 1. The van der Waals surface area contributed by atoms with Crippen LogP contribution in [0.4, 0.5) is 5.69 Å². The Bertz CT molecular complexity index is 405. The summed E-state index contributed by atoms with van der Waals surface area (Å²) in [5.74, 6) is -0.919. The van der Waals surface area contributed by atoms with Crippen LogP contribution < -0.4 is 0 Å². The number of hydrogen-bond donors (Lipinski definition) is 1. The lowest BCUT2D eigenvalue weighted by Gasteiger charge is -2.00. The van der Waals surface area contributed by atoms with Crippen molar-refractivity contribution in [3.8, 4) is 0 Å². The van der Waals surface area contributed by atoms with Crippen LogP contribution in [0.1, 0.15) is 12.0 Å². The number of carboxylic acids is 1. The molecular formula is C9H8BrNO4. The van der Waals surface area contributed by atoms with E-state index in [-0.39, 0.29) is 18.5 Å². The Balaban J connectivity index is 2.88. The topological polar surface area (TPSA) is 80.4 Å². The Hall–Kier alpha value is -1.43. The van der Waals surface area contributed by atoms with Crippen LogP contribution in [0, 0.1) is 10.1 Å². The zero-order valence-corrected chi connectivity index (χ0v) is 9.23. The fourth-order valence-electron chi connectivity index (χ4n) is 1.13. The molecule has 0 aromatic heterocycles. The first-order chi connectivity index (χ1) is 6.99. The quantitative estimate of drug-likeness (QED) is 0.675. The van der Waals surface area contributed by atoms with E-state index in [0.29, 0.717) is 10.0 Å². The number of benzene rings is 1. The van der Waals surface area contributed by atoms with Crippen molar-refractivity contribution >= 4 is 27.6 Å². The monoisotopic (exact) mass is 273 g/mol. The van der Waals surface area contributed by atoms with Crippen LogP contribution in [0.15, 0.2) is 22.7 Å². The summed E-state index contributed by atoms with van der Waals surface area (Å²) in [4.78, 5) is 20.3. The van der Waals surface area contributed by atoms with Crippen molar-refractivity contribution in [2.75, 3.05) is 0 Å². The summed E-state index contributed by atoms with van der Waals surface area (Å²) >= 11 is 3.14. The van der Waals surface area contributed by atoms with Gasteiger partial charge in [0.05, 0.1) is 4.92 Å². The summed E-state index contributed by atoms with van der Waals surface area (Å²) in [6, 6.07) is 4.44. The van der Waals surface area contributed by atoms with Gasteiger partial charge in [0.25, 0.3) is 5.69 Å². The molecule has 1 rings (SSSR count). The number of nitro benzene ring substituents is 1. The zero-order chi connectivity index (χ0) is 11.4. The highest BCUT2D eigenvalue weighted by Gasteiger charge is 2.09. The van der Waals surface area contributed by atoms with Gasteiger partial charge in [-0.25, -0.2) is 0 Å². The smallest absolute Gasteiger partial charge is 0.303 e. The number of nitrogens with zero attached hydrogens (tertiary/aromatic N) is 1. The van der Waals surface area contributed by atoms with Gasteiger partial charge in [0.2, 0.25) is 0 Å². The summed E-state index contributed by atoms with van der Waals surface area (Å²) in [6.07, 6.45) is 0.253. The number of rotatable bonds is 4. The van der Waals surface area contributed by atoms with Gasteiger partial charge >= 0.3 is 5.97 Å². The van der Waals surface area contributed by atoms with E-state index in [0.717, 1.165) is 0 Å². The van der Waals surface area contributed by atoms with Gasteiger partial charge in [0.15, 0.2) is 0 Å². The van der Waals surface area contributed by atoms with Crippen LogP contribution in [0.5, 0.6) is 0 Å². The maximum Gasteiger partial charge on any atom is 0.303 e. The van der Waals surface area contributed by atoms with Crippen molar-refractivity contribution in [3.05, 3.63) is 38.3 Å². The molecule has 1 N–H and O–H groups in total. The number of aryl methyl sites for hydroxylation is 1. The van der Waals surface area contributed by atoms with E-state index in [9.17, 15) is 14.9 Å². The Morgan fingerprint density at radius 1 is 1.47 bits per heavy atom. The summed E-state index contributed by atoms with van der Waals surface area (Å²) in [7, 11) is 0. The molecule has 0 aliphatic rings. The van der Waals surface area contributed by atoms with Gasteiger partial charge in [-0.05, 0) is 18.1 Å². The molecule has 15 heavy (non-hydrogen) atoms. The third-order valence-corrected chi connectivity index (χ3v) is 2.24. The number of carbonyl (C=O) groups is 1. The fourth-order valence-corrected chi connectivity index (χ4v) is 1.66. The van der Waals surface area contributed by atoms with Crippen LogP contribution in [0.2, 0.25) is 0 Å². The van der Waals surface area contributed by atoms with Gasteiger partial charge in [-0.15, -0.1) is 0 Å². The van der Waals surface area contributed by atoms with E-state index in [1.165, 1.54) is 12.1 Å². The Kier molecular flexibility index (Phi) is 3.79. The minimum atomic E-state index is -0.919. The highest BCUT2D eigenvalue weighted by molar-refractivity contribution is 9.10. The summed E-state index contributed by atoms with van der Waals surface area (Å²) in [5.41, 5.74) is 0.600. The van der Waals surface area contributed by atoms with Gasteiger partial charge in [-0.3, -0.25) is 14.9 Å². The largest absolute Gasteiger partial charge is 0.481 e. The van der Waals surface area contributed by atoms with E-state index in [1.54, 1.807) is 6.07 Å². The van der Waals surface area contributed by atoms with Crippen LogP contribution in [-0.4, -0.2) is 16.0 Å². The molecular weight excluding hydrogens is 266 g/mol. The Morgan fingerprint density at radius 2 is 2.13 bits per heavy atom. The molecule has 0 spiro atoms. The normalized spacial score (nSPS) is 9.93. The van der Waals surface area contributed by atoms with Crippen LogP contribution in [-0.2, 0) is 11.2 Å². The molecule has 0 fully saturated rings. The molecule has 6 heteroatoms. The summed E-state index contributed by atoms with van der Waals surface area (Å²) < 4.78 is 0.581. The molecule has 0 unspecified atom stereocenters. The first-order valence-corrected chi connectivity index (χ1v) is 4.94. The van der Waals surface area contributed by atoms with Crippen LogP contribution >= 0.6 is 15.9 Å². The first-order valence-electron chi connectivity index (χ1n) is 4.14. The number of hydrogen-bond acceptors (Lipinski definition) is 3. The number of carboxylic acid groups (broad SMARTS) is 1. The summed E-state index contributed by atoms with van der Waals surface area (Å²) in [6.45, 7) is 0. The van der Waals surface area contributed by atoms with E-state index in [1.807, 2.05) is 0 Å². The highest BCUT2D eigenvalue weighted by Crippen LogP contribution is 2.22. The minimum absolute atomic E-state index is 0.0341. The third-order valence-electron chi connectivity index (χ3n) is 1.78. The second-order valence-electron chi connectivity index (χ2n) is 2.97. The average Bonchev–Trinajstić information content (AvgIpc) is 2.13. The molecule has 80 valence electrons. The standard InChI is InChI=1S/C9H8BrNO4/c10-7-3-6(1-2-9(12)13)4-8(5-7)11(14)15/h3-5H,1-2H2,(H,12,13). The maximum absolute atomic E-state index is 10.5. The van der Waals surface area contributed by atoms with Crippen molar-refractivity contribution in [1.82, 2.24) is 0 Å². The summed E-state index contributed by atoms with van der Waals surface area (Å²) in [5, 5.41) is 19.0. The highest BCUT2D eigenvalue weighted by atomic mass is 79.9. The molecule has 0 amide bonds. The second-order valence-corrected chi connectivity index (χ2v) is 3.88. The molecule has 0 atom stereocenters. The predicted molar refractivity (Wildman–Crippen MR) is 56.8 cm³/mol. The SMILES string of the molecule is O=C(O)CCc1cc(Br)cc([N+](=O)[O-])c1. The van der Waals surface area contributed by atoms with Gasteiger partial charge in [0, 0.05) is 23.0 Å². The van der Waals surface area contributed by atoms with E-state index >= 15 is 0 Å². The van der Waals surface area contributed by atoms with Crippen LogP contribution in [0.25, 0.3) is 0 Å². The minimum Gasteiger partial charge on any atom is -0.481 e. The van der Waals surface area contributed by atoms with E-state index < -0.39 is 10.9 Å². The number of non-ortho nitro benzene ring substituents is 1. The third kappa shape index (κ3) is 3.67. The van der Waals surface area contributed by atoms with Gasteiger partial charge < -0.3 is 5.11 Å². The van der Waals surface area contributed by atoms with E-state index in [2.05, 4.69) is 15.9 Å². The molecule has 0 heterocycles. The Morgan fingerprint density at radius 3 is 2.67 bits per heavy atom. The fraction of sp³-hybridized carbons (Fsp3) is 0.222. The maximum atomic E-state index is 10.5. The molecule has 0 aliphatic carbocycles. The molecule has 5 nitrogen and oxygen atoms in total. The van der Waals surface area contributed by atoms with E-state index in [4.69, 9.17) is 5.11 Å². The van der Waals surface area contributed by atoms with Gasteiger partial charge in [-0.1, -0.05) is 15.9 Å². The first kappa shape index (κ1) is 11.6. The molecule has 0 saturated heterocycles. The Labute approximate surface area is 94.0 Å². The molecule has 0 aliphatic heterocycles. The van der Waals surface area contributed by atoms with Crippen molar-refractivity contribution < 1.29 is 14.8 Å². The molecule has 0 radical (unpaired) electrons. The van der Waals surface area contributed by atoms with Crippen molar-refractivity contribution in [2.24, 2.45) is 0 Å². The van der Waals surface area contributed by atoms with Gasteiger partial charge in [0.1, 0.15) is 0 Å². The van der Waals surface area contributed by atoms with Crippen molar-refractivity contribution in [3.63, 3.8) is 0 Å². The molecule has 0 saturated carbocycles. The van der Waals surface area contributed by atoms with Gasteiger partial charge in [-0.2, -0.15) is 0 Å². The van der Waals surface area contributed by atoms with Crippen molar-refractivity contribution in [1.29, 1.82) is 0 Å². The zero-order valence-electron chi connectivity index (χ0n) is 7.64. The predicted octanol–water partition coefficient (Wildman–Crippen LogP) is 2.37. The lowest BCUT2D eigenvalue weighted by atomic mass is 10.1. The molecule has 1 aromatic rings. The molecule has 0 bridgehead atoms. The number of aliphatic carboxylic acids is 1. The lowest BCUT2D eigenvalue weighted by molar-refractivity contribution is -0.385. The molecule has 1 aromatic carbocycles. The number of nitro groups is 1. The lowest BCUT2D eigenvalue weighted by Crippen LogP contribution is -1.98. The average molecular weight is 274 g/mol. The van der Waals surface area contributed by atoms with Crippen molar-refractivity contribution in [2.45, 2.75) is 12.8 Å². The van der Waals surface area contributed by atoms with Crippen LogP contribution in [0.3, 0.4) is 0 Å². The second kappa shape index (κ2) is 4.88.